The fraction of sp³-hybridized carbons (Fsp3) is 0.263. The monoisotopic (exact) mass is 426 g/mol. The molecule has 0 bridgehead atoms. The summed E-state index contributed by atoms with van der Waals surface area (Å²) in [5, 5.41) is 24.2. The second-order valence-electron chi connectivity index (χ2n) is 6.74. The minimum absolute atomic E-state index is 0.0950. The first kappa shape index (κ1) is 19.8. The lowest BCUT2D eigenvalue weighted by Crippen LogP contribution is -2.14. The summed E-state index contributed by atoms with van der Waals surface area (Å²) in [6.07, 6.45) is 0.651. The summed E-state index contributed by atoms with van der Waals surface area (Å²) < 4.78 is 17.2. The number of nitrogens with zero attached hydrogens (tertiary/aromatic N) is 7. The number of amides is 1. The van der Waals surface area contributed by atoms with Crippen LogP contribution < -0.4 is 5.32 Å². The number of carbonyl (C=O) groups excluding carboxylic acids is 1. The number of hydrogen-bond donors (Lipinski definition) is 1. The van der Waals surface area contributed by atoms with Crippen LogP contribution in [0.25, 0.3) is 5.69 Å². The van der Waals surface area contributed by atoms with Crippen molar-refractivity contribution in [2.45, 2.75) is 33.7 Å². The number of para-hydroxylation sites is 1. The second kappa shape index (κ2) is 8.11. The van der Waals surface area contributed by atoms with Crippen LogP contribution in [0.2, 0.25) is 0 Å². The molecule has 0 aliphatic heterocycles. The molecule has 3 heterocycles. The quantitative estimate of drug-likeness (QED) is 0.508. The molecule has 3 aromatic heterocycles. The van der Waals surface area contributed by atoms with Gasteiger partial charge >= 0.3 is 0 Å². The van der Waals surface area contributed by atoms with Gasteiger partial charge in [0.1, 0.15) is 16.5 Å². The molecule has 4 rings (SSSR count). The van der Waals surface area contributed by atoms with E-state index in [2.05, 4.69) is 30.9 Å². The highest BCUT2D eigenvalue weighted by Crippen LogP contribution is 2.19. The zero-order chi connectivity index (χ0) is 21.3. The summed E-state index contributed by atoms with van der Waals surface area (Å²) in [6.45, 7) is 6.29. The van der Waals surface area contributed by atoms with Crippen LogP contribution in [-0.2, 0) is 13.0 Å². The van der Waals surface area contributed by atoms with E-state index in [-0.39, 0.29) is 11.4 Å². The maximum absolute atomic E-state index is 14.0. The normalized spacial score (nSPS) is 11.1. The van der Waals surface area contributed by atoms with Crippen molar-refractivity contribution in [2.24, 2.45) is 0 Å². The summed E-state index contributed by atoms with van der Waals surface area (Å²) in [6, 6.07) is 8.18. The molecule has 154 valence electrons. The minimum atomic E-state index is -0.476. The Morgan fingerprint density at radius 2 is 1.97 bits per heavy atom. The van der Waals surface area contributed by atoms with E-state index in [0.717, 1.165) is 16.4 Å². The first-order valence-electron chi connectivity index (χ1n) is 9.24. The third kappa shape index (κ3) is 3.96. The molecule has 4 aromatic rings. The number of nitrogens with one attached hydrogen (secondary N) is 1. The standard InChI is InChI=1S/C19H19FN8OS/c1-11-10-12(2)27(25-11)9-8-16-22-24-19(30-16)21-18(29)17-13(3)28(26-23-17)15-7-5-4-6-14(15)20/h4-7,10H,8-9H2,1-3H3,(H,21,24,29). The molecule has 30 heavy (non-hydrogen) atoms. The van der Waals surface area contributed by atoms with E-state index in [1.54, 1.807) is 25.1 Å². The summed E-state index contributed by atoms with van der Waals surface area (Å²) >= 11 is 1.29. The number of aryl methyl sites for hydroxylation is 4. The molecule has 1 amide bonds. The van der Waals surface area contributed by atoms with Crippen molar-refractivity contribution in [2.75, 3.05) is 5.32 Å². The molecule has 0 fully saturated rings. The van der Waals surface area contributed by atoms with Gasteiger partial charge in [0.25, 0.3) is 5.91 Å². The third-order valence-electron chi connectivity index (χ3n) is 4.52. The Morgan fingerprint density at radius 1 is 1.17 bits per heavy atom. The topological polar surface area (TPSA) is 103 Å². The van der Waals surface area contributed by atoms with Crippen LogP contribution >= 0.6 is 11.3 Å². The lowest BCUT2D eigenvalue weighted by atomic mass is 10.2. The van der Waals surface area contributed by atoms with E-state index in [0.29, 0.717) is 23.8 Å². The Labute approximate surface area is 175 Å². The predicted octanol–water partition coefficient (Wildman–Crippen LogP) is 2.87. The molecule has 0 saturated heterocycles. The number of aromatic nitrogens is 7. The molecule has 1 N–H and O–H groups in total. The molecule has 0 radical (unpaired) electrons. The van der Waals surface area contributed by atoms with Crippen molar-refractivity contribution < 1.29 is 9.18 Å². The molecule has 0 atom stereocenters. The Morgan fingerprint density at radius 3 is 2.70 bits per heavy atom. The molecule has 11 heteroatoms. The largest absolute Gasteiger partial charge is 0.295 e. The van der Waals surface area contributed by atoms with Crippen LogP contribution in [0.4, 0.5) is 9.52 Å². The van der Waals surface area contributed by atoms with Gasteiger partial charge in [0, 0.05) is 18.7 Å². The van der Waals surface area contributed by atoms with Gasteiger partial charge in [-0.15, -0.1) is 15.3 Å². The number of halogens is 1. The summed E-state index contributed by atoms with van der Waals surface area (Å²) in [5.41, 5.74) is 2.80. The van der Waals surface area contributed by atoms with Gasteiger partial charge in [0.2, 0.25) is 5.13 Å². The second-order valence-corrected chi connectivity index (χ2v) is 7.80. The fourth-order valence-corrected chi connectivity index (χ4v) is 3.78. The van der Waals surface area contributed by atoms with E-state index in [4.69, 9.17) is 0 Å². The summed E-state index contributed by atoms with van der Waals surface area (Å²) in [4.78, 5) is 12.6. The molecule has 0 unspecified atom stereocenters. The van der Waals surface area contributed by atoms with Gasteiger partial charge in [0.05, 0.1) is 11.4 Å². The van der Waals surface area contributed by atoms with Crippen LogP contribution in [0.1, 0.15) is 32.6 Å². The Balaban J connectivity index is 1.44. The smallest absolute Gasteiger partial charge is 0.279 e. The average molecular weight is 426 g/mol. The van der Waals surface area contributed by atoms with Gasteiger partial charge in [-0.2, -0.15) is 5.10 Å². The lowest BCUT2D eigenvalue weighted by Gasteiger charge is -2.04. The van der Waals surface area contributed by atoms with Crippen LogP contribution in [0.5, 0.6) is 0 Å². The molecule has 0 aliphatic rings. The van der Waals surface area contributed by atoms with E-state index in [9.17, 15) is 9.18 Å². The average Bonchev–Trinajstić information content (AvgIpc) is 3.39. The third-order valence-corrected chi connectivity index (χ3v) is 5.42. The number of anilines is 1. The van der Waals surface area contributed by atoms with E-state index in [1.165, 1.54) is 22.1 Å². The highest BCUT2D eigenvalue weighted by atomic mass is 32.1. The van der Waals surface area contributed by atoms with Gasteiger partial charge < -0.3 is 0 Å². The van der Waals surface area contributed by atoms with Crippen LogP contribution in [0, 0.1) is 26.6 Å². The van der Waals surface area contributed by atoms with Gasteiger partial charge in [-0.3, -0.25) is 14.8 Å². The Bertz CT molecular complexity index is 1210. The molecule has 1 aromatic carbocycles. The number of benzene rings is 1. The van der Waals surface area contributed by atoms with Crippen LogP contribution in [-0.4, -0.2) is 40.9 Å². The molecule has 0 aliphatic carbocycles. The van der Waals surface area contributed by atoms with Crippen molar-refractivity contribution in [1.82, 2.24) is 35.0 Å². The molecular formula is C19H19FN8OS. The fourth-order valence-electron chi connectivity index (χ4n) is 3.06. The zero-order valence-corrected chi connectivity index (χ0v) is 17.4. The van der Waals surface area contributed by atoms with Gasteiger partial charge in [-0.25, -0.2) is 9.07 Å². The number of rotatable bonds is 6. The van der Waals surface area contributed by atoms with Crippen molar-refractivity contribution in [3.63, 3.8) is 0 Å². The van der Waals surface area contributed by atoms with Crippen LogP contribution in [0.3, 0.4) is 0 Å². The molecule has 9 nitrogen and oxygen atoms in total. The van der Waals surface area contributed by atoms with Gasteiger partial charge in [0.15, 0.2) is 5.69 Å². The molecule has 0 spiro atoms. The first-order valence-corrected chi connectivity index (χ1v) is 10.1. The summed E-state index contributed by atoms with van der Waals surface area (Å²) in [5.74, 6) is -0.926. The van der Waals surface area contributed by atoms with E-state index in [1.807, 2.05) is 24.6 Å². The molecular weight excluding hydrogens is 407 g/mol. The minimum Gasteiger partial charge on any atom is -0.295 e. The summed E-state index contributed by atoms with van der Waals surface area (Å²) in [7, 11) is 0. The highest BCUT2D eigenvalue weighted by molar-refractivity contribution is 7.15. The Hall–Kier alpha value is -3.47. The first-order chi connectivity index (χ1) is 14.4. The number of hydrogen-bond acceptors (Lipinski definition) is 7. The molecule has 0 saturated carbocycles. The maximum Gasteiger partial charge on any atom is 0.279 e. The van der Waals surface area contributed by atoms with Crippen molar-refractivity contribution in [3.05, 3.63) is 63.9 Å². The van der Waals surface area contributed by atoms with Gasteiger partial charge in [-0.05, 0) is 39.0 Å². The SMILES string of the molecule is Cc1cc(C)n(CCc2nnc(NC(=O)c3nnn(-c4ccccc4F)c3C)s2)n1. The van der Waals surface area contributed by atoms with Crippen molar-refractivity contribution >= 4 is 22.4 Å². The Kier molecular flexibility index (Phi) is 5.36. The highest BCUT2D eigenvalue weighted by Gasteiger charge is 2.20. The predicted molar refractivity (Wildman–Crippen MR) is 109 cm³/mol. The van der Waals surface area contributed by atoms with E-state index >= 15 is 0 Å². The lowest BCUT2D eigenvalue weighted by molar-refractivity contribution is 0.102. The number of carbonyl (C=O) groups is 1. The van der Waals surface area contributed by atoms with Crippen molar-refractivity contribution in [1.29, 1.82) is 0 Å². The van der Waals surface area contributed by atoms with Gasteiger partial charge in [-0.1, -0.05) is 28.7 Å². The zero-order valence-electron chi connectivity index (χ0n) is 16.6. The van der Waals surface area contributed by atoms with E-state index < -0.39 is 11.7 Å². The van der Waals surface area contributed by atoms with Crippen molar-refractivity contribution in [3.8, 4) is 5.69 Å². The maximum atomic E-state index is 14.0. The van der Waals surface area contributed by atoms with Crippen LogP contribution in [0.15, 0.2) is 30.3 Å².